The van der Waals surface area contributed by atoms with Crippen LogP contribution in [0.1, 0.15) is 25.0 Å². The summed E-state index contributed by atoms with van der Waals surface area (Å²) in [6.07, 6.45) is 0.0257. The zero-order valence-electron chi connectivity index (χ0n) is 10.1. The molecule has 0 amide bonds. The summed E-state index contributed by atoms with van der Waals surface area (Å²) < 4.78 is 10.9. The average molecular weight is 267 g/mol. The molecule has 1 atom stereocenters. The lowest BCUT2D eigenvalue weighted by Crippen LogP contribution is -2.47. The lowest BCUT2D eigenvalue weighted by Gasteiger charge is -2.39. The molecule has 0 spiro atoms. The van der Waals surface area contributed by atoms with Gasteiger partial charge in [0, 0.05) is 6.42 Å². The molecule has 1 aromatic carbocycles. The molecular weight excluding hydrogens is 253 g/mol. The molecule has 6 heteroatoms. The molecule has 96 valence electrons. The Labute approximate surface area is 107 Å². The Kier molecular flexibility index (Phi) is 3.56. The van der Waals surface area contributed by atoms with E-state index in [0.29, 0.717) is 17.7 Å². The lowest BCUT2D eigenvalue weighted by molar-refractivity contribution is -0.0316. The molecule has 0 fully saturated rings. The van der Waals surface area contributed by atoms with E-state index < -0.39 is 20.3 Å². The first-order valence-electron chi connectivity index (χ1n) is 5.49. The Balaban J connectivity index is 2.31. The van der Waals surface area contributed by atoms with Gasteiger partial charge in [0.05, 0.1) is 11.6 Å². The van der Waals surface area contributed by atoms with Gasteiger partial charge >= 0.3 is 8.60 Å². The van der Waals surface area contributed by atoms with E-state index in [2.05, 4.69) is 6.07 Å². The first-order chi connectivity index (χ1) is 8.42. The van der Waals surface area contributed by atoms with Gasteiger partial charge in [0.2, 0.25) is 0 Å². The van der Waals surface area contributed by atoms with Crippen molar-refractivity contribution in [1.82, 2.24) is 0 Å². The molecule has 1 heterocycles. The van der Waals surface area contributed by atoms with Crippen molar-refractivity contribution in [1.29, 1.82) is 5.26 Å². The van der Waals surface area contributed by atoms with Crippen molar-refractivity contribution in [3.63, 3.8) is 0 Å². The first kappa shape index (κ1) is 13.3. The fourth-order valence-corrected chi connectivity index (χ4v) is 2.54. The van der Waals surface area contributed by atoms with Gasteiger partial charge in [-0.25, -0.2) is 0 Å². The van der Waals surface area contributed by atoms with Crippen LogP contribution in [-0.4, -0.2) is 21.5 Å². The van der Waals surface area contributed by atoms with Gasteiger partial charge in [0.25, 0.3) is 0 Å². The van der Waals surface area contributed by atoms with Crippen LogP contribution >= 0.6 is 8.60 Å². The van der Waals surface area contributed by atoms with Crippen LogP contribution in [0.5, 0.6) is 5.75 Å². The highest BCUT2D eigenvalue weighted by molar-refractivity contribution is 7.39. The second kappa shape index (κ2) is 4.83. The molecule has 1 unspecified atom stereocenters. The topological polar surface area (TPSA) is 82.7 Å². The van der Waals surface area contributed by atoms with E-state index in [1.165, 1.54) is 0 Å². The van der Waals surface area contributed by atoms with Crippen molar-refractivity contribution < 1.29 is 19.0 Å². The van der Waals surface area contributed by atoms with E-state index in [9.17, 15) is 0 Å². The molecule has 1 aromatic rings. The summed E-state index contributed by atoms with van der Waals surface area (Å²) in [7, 11) is -2.43. The molecule has 2 N–H and O–H groups in total. The normalized spacial score (nSPS) is 21.0. The number of nitrogens with zero attached hydrogens (tertiary/aromatic N) is 1. The highest BCUT2D eigenvalue weighted by Gasteiger charge is 2.39. The molecule has 5 nitrogen and oxygen atoms in total. The summed E-state index contributed by atoms with van der Waals surface area (Å²) in [6.45, 7) is 3.66. The predicted octanol–water partition coefficient (Wildman–Crippen LogP) is 1.87. The SMILES string of the molecule is CC1(C)Oc2ccc(C#N)cc2CC1OP(O)O. The largest absolute Gasteiger partial charge is 0.485 e. The van der Waals surface area contributed by atoms with Gasteiger partial charge in [0.15, 0.2) is 0 Å². The Morgan fingerprint density at radius 2 is 2.22 bits per heavy atom. The number of fused-ring (bicyclic) bond motifs is 1. The maximum atomic E-state index is 8.98. The molecule has 0 aliphatic carbocycles. The smallest absolute Gasteiger partial charge is 0.327 e. The van der Waals surface area contributed by atoms with Gasteiger partial charge < -0.3 is 19.0 Å². The average Bonchev–Trinajstić information content (AvgIpc) is 2.28. The minimum Gasteiger partial charge on any atom is -0.485 e. The number of rotatable bonds is 2. The molecule has 0 bridgehead atoms. The number of benzene rings is 1. The van der Waals surface area contributed by atoms with E-state index in [-0.39, 0.29) is 0 Å². The van der Waals surface area contributed by atoms with Crippen LogP contribution in [0.4, 0.5) is 0 Å². The summed E-state index contributed by atoms with van der Waals surface area (Å²) >= 11 is 0. The third kappa shape index (κ3) is 2.63. The van der Waals surface area contributed by atoms with Crippen LogP contribution in [0, 0.1) is 11.3 Å². The fraction of sp³-hybridized carbons (Fsp3) is 0.417. The number of nitriles is 1. The van der Waals surface area contributed by atoms with Crippen molar-refractivity contribution in [3.8, 4) is 11.8 Å². The van der Waals surface area contributed by atoms with E-state index in [1.807, 2.05) is 13.8 Å². The van der Waals surface area contributed by atoms with Gasteiger partial charge in [-0.3, -0.25) is 0 Å². The quantitative estimate of drug-likeness (QED) is 0.799. The van der Waals surface area contributed by atoms with Gasteiger partial charge in [-0.15, -0.1) is 0 Å². The predicted molar refractivity (Wildman–Crippen MR) is 65.8 cm³/mol. The molecule has 0 aromatic heterocycles. The Bertz CT molecular complexity index is 495. The van der Waals surface area contributed by atoms with Crippen molar-refractivity contribution in [2.24, 2.45) is 0 Å². The Hall–Kier alpha value is -1.18. The summed E-state index contributed by atoms with van der Waals surface area (Å²) in [4.78, 5) is 18.0. The van der Waals surface area contributed by atoms with Crippen molar-refractivity contribution >= 4 is 8.60 Å². The molecule has 0 radical (unpaired) electrons. The minimum atomic E-state index is -2.43. The summed E-state index contributed by atoms with van der Waals surface area (Å²) in [5, 5.41) is 8.85. The fourth-order valence-electron chi connectivity index (χ4n) is 1.98. The van der Waals surface area contributed by atoms with Gasteiger partial charge in [-0.2, -0.15) is 5.26 Å². The van der Waals surface area contributed by atoms with Crippen LogP contribution in [0.25, 0.3) is 0 Å². The van der Waals surface area contributed by atoms with Crippen LogP contribution in [-0.2, 0) is 10.9 Å². The monoisotopic (exact) mass is 267 g/mol. The highest BCUT2D eigenvalue weighted by atomic mass is 31.2. The standard InChI is InChI=1S/C12H14NO4P/c1-12(2)11(17-18(14)15)6-9-5-8(7-13)3-4-10(9)16-12/h3-5,11,14-15H,6H2,1-2H3. The molecule has 1 aliphatic heterocycles. The summed E-state index contributed by atoms with van der Waals surface area (Å²) in [6, 6.07) is 7.25. The molecule has 0 saturated heterocycles. The zero-order chi connectivity index (χ0) is 13.3. The molecule has 18 heavy (non-hydrogen) atoms. The zero-order valence-corrected chi connectivity index (χ0v) is 11.0. The van der Waals surface area contributed by atoms with Gasteiger partial charge in [-0.05, 0) is 37.6 Å². The van der Waals surface area contributed by atoms with Gasteiger partial charge in [-0.1, -0.05) is 0 Å². The van der Waals surface area contributed by atoms with Crippen LogP contribution < -0.4 is 4.74 Å². The van der Waals surface area contributed by atoms with E-state index in [0.717, 1.165) is 5.56 Å². The summed E-state index contributed by atoms with van der Waals surface area (Å²) in [5.41, 5.74) is 0.744. The maximum Gasteiger partial charge on any atom is 0.327 e. The molecule has 2 rings (SSSR count). The highest BCUT2D eigenvalue weighted by Crippen LogP contribution is 2.40. The van der Waals surface area contributed by atoms with E-state index in [4.69, 9.17) is 24.3 Å². The lowest BCUT2D eigenvalue weighted by atomic mass is 9.90. The number of ether oxygens (including phenoxy) is 1. The van der Waals surface area contributed by atoms with E-state index >= 15 is 0 Å². The second-order valence-corrected chi connectivity index (χ2v) is 5.41. The van der Waals surface area contributed by atoms with Gasteiger partial charge in [0.1, 0.15) is 17.5 Å². The van der Waals surface area contributed by atoms with Crippen molar-refractivity contribution in [2.75, 3.05) is 0 Å². The van der Waals surface area contributed by atoms with Crippen LogP contribution in [0.2, 0.25) is 0 Å². The maximum absolute atomic E-state index is 8.98. The molecular formula is C12H14NO4P. The Morgan fingerprint density at radius 1 is 1.50 bits per heavy atom. The summed E-state index contributed by atoms with van der Waals surface area (Å²) in [5.74, 6) is 0.707. The van der Waals surface area contributed by atoms with Crippen molar-refractivity contribution in [3.05, 3.63) is 29.3 Å². The van der Waals surface area contributed by atoms with Crippen LogP contribution in [0.3, 0.4) is 0 Å². The third-order valence-electron chi connectivity index (χ3n) is 2.96. The Morgan fingerprint density at radius 3 is 2.83 bits per heavy atom. The third-order valence-corrected chi connectivity index (χ3v) is 3.41. The minimum absolute atomic E-state index is 0.458. The second-order valence-electron chi connectivity index (χ2n) is 4.69. The number of hydrogen-bond acceptors (Lipinski definition) is 5. The first-order valence-corrected chi connectivity index (χ1v) is 6.65. The molecule has 0 saturated carbocycles. The van der Waals surface area contributed by atoms with Crippen LogP contribution in [0.15, 0.2) is 18.2 Å². The van der Waals surface area contributed by atoms with Crippen molar-refractivity contribution in [2.45, 2.75) is 32.0 Å². The molecule has 1 aliphatic rings. The number of hydrogen-bond donors (Lipinski definition) is 2. The van der Waals surface area contributed by atoms with E-state index in [1.54, 1.807) is 18.2 Å².